The smallest absolute Gasteiger partial charge is 0.224 e. The molecule has 27 heavy (non-hydrogen) atoms. The first-order valence-electron chi connectivity index (χ1n) is 9.36. The highest BCUT2D eigenvalue weighted by Gasteiger charge is 2.21. The van der Waals surface area contributed by atoms with Gasteiger partial charge in [-0.1, -0.05) is 54.1 Å². The lowest BCUT2D eigenvalue weighted by atomic mass is 10.2. The molecule has 3 aromatic rings. The maximum atomic E-state index is 12.6. The maximum Gasteiger partial charge on any atom is 0.224 e. The number of aryl methyl sites for hydroxylation is 1. The number of hydrogen-bond donors (Lipinski definition) is 0. The molecule has 4 rings (SSSR count). The SMILES string of the molecule is O=C(CCn1nc(Cl)c2ccccc21)N1CCN(Cc2ccccc2)CC1. The van der Waals surface area contributed by atoms with Gasteiger partial charge in [-0.2, -0.15) is 5.10 Å². The largest absolute Gasteiger partial charge is 0.340 e. The second-order valence-electron chi connectivity index (χ2n) is 6.92. The molecule has 1 fully saturated rings. The molecule has 0 bridgehead atoms. The normalized spacial score (nSPS) is 15.4. The summed E-state index contributed by atoms with van der Waals surface area (Å²) >= 11 is 6.19. The summed E-state index contributed by atoms with van der Waals surface area (Å²) in [6.45, 7) is 4.89. The van der Waals surface area contributed by atoms with Crippen molar-refractivity contribution in [2.75, 3.05) is 26.2 Å². The van der Waals surface area contributed by atoms with Crippen LogP contribution in [0.15, 0.2) is 54.6 Å². The third-order valence-corrected chi connectivity index (χ3v) is 5.40. The Bertz CT molecular complexity index is 916. The Labute approximate surface area is 164 Å². The fourth-order valence-electron chi connectivity index (χ4n) is 3.61. The molecule has 1 aromatic heterocycles. The standard InChI is InChI=1S/C21H23ClN4O/c22-21-18-8-4-5-9-19(18)26(23-21)11-10-20(27)25-14-12-24(13-15-25)16-17-6-2-1-3-7-17/h1-9H,10-16H2. The number of aromatic nitrogens is 2. The topological polar surface area (TPSA) is 41.4 Å². The summed E-state index contributed by atoms with van der Waals surface area (Å²) < 4.78 is 1.83. The molecule has 1 saturated heterocycles. The molecule has 1 aliphatic rings. The minimum atomic E-state index is 0.185. The van der Waals surface area contributed by atoms with Crippen molar-refractivity contribution in [3.8, 4) is 0 Å². The lowest BCUT2D eigenvalue weighted by Gasteiger charge is -2.34. The molecular weight excluding hydrogens is 360 g/mol. The van der Waals surface area contributed by atoms with Crippen molar-refractivity contribution < 1.29 is 4.79 Å². The molecule has 0 atom stereocenters. The van der Waals surface area contributed by atoms with Crippen molar-refractivity contribution in [1.82, 2.24) is 19.6 Å². The Kier molecular flexibility index (Phi) is 5.41. The lowest BCUT2D eigenvalue weighted by molar-refractivity contribution is -0.133. The van der Waals surface area contributed by atoms with Crippen molar-refractivity contribution in [1.29, 1.82) is 0 Å². The molecule has 0 unspecified atom stereocenters. The van der Waals surface area contributed by atoms with Crippen LogP contribution < -0.4 is 0 Å². The van der Waals surface area contributed by atoms with E-state index in [-0.39, 0.29) is 5.91 Å². The minimum absolute atomic E-state index is 0.185. The first-order valence-corrected chi connectivity index (χ1v) is 9.73. The molecule has 1 aliphatic heterocycles. The van der Waals surface area contributed by atoms with Crippen LogP contribution in [0.25, 0.3) is 10.9 Å². The molecule has 2 heterocycles. The maximum absolute atomic E-state index is 12.6. The number of amides is 1. The van der Waals surface area contributed by atoms with Gasteiger partial charge in [0.25, 0.3) is 0 Å². The second kappa shape index (κ2) is 8.11. The van der Waals surface area contributed by atoms with Gasteiger partial charge >= 0.3 is 0 Å². The summed E-state index contributed by atoms with van der Waals surface area (Å²) in [5, 5.41) is 5.79. The van der Waals surface area contributed by atoms with Crippen LogP contribution in [-0.2, 0) is 17.9 Å². The van der Waals surface area contributed by atoms with Crippen LogP contribution in [0.2, 0.25) is 5.15 Å². The Morgan fingerprint density at radius 1 is 0.963 bits per heavy atom. The van der Waals surface area contributed by atoms with Crippen molar-refractivity contribution >= 4 is 28.4 Å². The van der Waals surface area contributed by atoms with E-state index in [1.54, 1.807) is 0 Å². The highest BCUT2D eigenvalue weighted by Crippen LogP contribution is 2.22. The van der Waals surface area contributed by atoms with Gasteiger partial charge in [-0.25, -0.2) is 0 Å². The van der Waals surface area contributed by atoms with Crippen LogP contribution in [-0.4, -0.2) is 51.7 Å². The first kappa shape index (κ1) is 18.0. The van der Waals surface area contributed by atoms with E-state index in [1.807, 2.05) is 39.9 Å². The molecule has 0 radical (unpaired) electrons. The summed E-state index contributed by atoms with van der Waals surface area (Å²) in [7, 11) is 0. The Morgan fingerprint density at radius 2 is 1.67 bits per heavy atom. The number of nitrogens with zero attached hydrogens (tertiary/aromatic N) is 4. The number of carbonyl (C=O) groups excluding carboxylic acids is 1. The predicted molar refractivity (Wildman–Crippen MR) is 108 cm³/mol. The number of carbonyl (C=O) groups is 1. The van der Waals surface area contributed by atoms with Crippen LogP contribution >= 0.6 is 11.6 Å². The second-order valence-corrected chi connectivity index (χ2v) is 7.28. The highest BCUT2D eigenvalue weighted by atomic mass is 35.5. The number of halogens is 1. The molecule has 140 valence electrons. The molecule has 1 amide bonds. The van der Waals surface area contributed by atoms with Gasteiger partial charge in [-0.05, 0) is 17.7 Å². The van der Waals surface area contributed by atoms with Gasteiger partial charge in [0.05, 0.1) is 12.1 Å². The summed E-state index contributed by atoms with van der Waals surface area (Å²) in [5.41, 5.74) is 2.29. The number of para-hydroxylation sites is 1. The lowest BCUT2D eigenvalue weighted by Crippen LogP contribution is -2.48. The zero-order valence-corrected chi connectivity index (χ0v) is 16.0. The molecule has 0 spiro atoms. The van der Waals surface area contributed by atoms with Gasteiger partial charge in [0.1, 0.15) is 0 Å². The Morgan fingerprint density at radius 3 is 2.44 bits per heavy atom. The summed E-state index contributed by atoms with van der Waals surface area (Å²) in [4.78, 5) is 17.0. The van der Waals surface area contributed by atoms with E-state index in [4.69, 9.17) is 11.6 Å². The average Bonchev–Trinajstić information content (AvgIpc) is 3.04. The van der Waals surface area contributed by atoms with Crippen molar-refractivity contribution in [3.63, 3.8) is 0 Å². The van der Waals surface area contributed by atoms with Crippen LogP contribution in [0, 0.1) is 0 Å². The van der Waals surface area contributed by atoms with Gasteiger partial charge in [-0.15, -0.1) is 0 Å². The molecule has 0 aliphatic carbocycles. The molecule has 5 nitrogen and oxygen atoms in total. The van der Waals surface area contributed by atoms with Gasteiger partial charge < -0.3 is 4.90 Å². The molecule has 6 heteroatoms. The third-order valence-electron chi connectivity index (χ3n) is 5.12. The van der Waals surface area contributed by atoms with Gasteiger partial charge in [0, 0.05) is 44.5 Å². The van der Waals surface area contributed by atoms with E-state index in [1.165, 1.54) is 5.56 Å². The number of rotatable bonds is 5. The molecular formula is C21H23ClN4O. The van der Waals surface area contributed by atoms with Gasteiger partial charge in [0.15, 0.2) is 5.15 Å². The van der Waals surface area contributed by atoms with Crippen molar-refractivity contribution in [3.05, 3.63) is 65.3 Å². The minimum Gasteiger partial charge on any atom is -0.340 e. The van der Waals surface area contributed by atoms with Crippen molar-refractivity contribution in [2.45, 2.75) is 19.5 Å². The van der Waals surface area contributed by atoms with E-state index < -0.39 is 0 Å². The van der Waals surface area contributed by atoms with Gasteiger partial charge in [0.2, 0.25) is 5.91 Å². The fourth-order valence-corrected chi connectivity index (χ4v) is 3.87. The van der Waals surface area contributed by atoms with E-state index in [0.29, 0.717) is 18.1 Å². The number of hydrogen-bond acceptors (Lipinski definition) is 3. The zero-order valence-electron chi connectivity index (χ0n) is 15.2. The fraction of sp³-hybridized carbons (Fsp3) is 0.333. The van der Waals surface area contributed by atoms with E-state index in [0.717, 1.165) is 43.6 Å². The third kappa shape index (κ3) is 4.15. The average molecular weight is 383 g/mol. The first-order chi connectivity index (χ1) is 13.2. The van der Waals surface area contributed by atoms with Gasteiger partial charge in [-0.3, -0.25) is 14.4 Å². The van der Waals surface area contributed by atoms with E-state index in [9.17, 15) is 4.79 Å². The molecule has 0 N–H and O–H groups in total. The van der Waals surface area contributed by atoms with Crippen LogP contribution in [0.5, 0.6) is 0 Å². The molecule has 0 saturated carbocycles. The number of piperazine rings is 1. The van der Waals surface area contributed by atoms with Crippen LogP contribution in [0.4, 0.5) is 0 Å². The Hall–Kier alpha value is -2.37. The highest BCUT2D eigenvalue weighted by molar-refractivity contribution is 6.34. The van der Waals surface area contributed by atoms with E-state index in [2.05, 4.69) is 34.3 Å². The summed E-state index contributed by atoms with van der Waals surface area (Å²) in [6, 6.07) is 18.3. The zero-order chi connectivity index (χ0) is 18.6. The molecule has 2 aromatic carbocycles. The number of benzene rings is 2. The van der Waals surface area contributed by atoms with Crippen molar-refractivity contribution in [2.24, 2.45) is 0 Å². The Balaban J connectivity index is 1.29. The van der Waals surface area contributed by atoms with Crippen LogP contribution in [0.3, 0.4) is 0 Å². The number of fused-ring (bicyclic) bond motifs is 1. The van der Waals surface area contributed by atoms with E-state index >= 15 is 0 Å². The van der Waals surface area contributed by atoms with Crippen LogP contribution in [0.1, 0.15) is 12.0 Å². The summed E-state index contributed by atoms with van der Waals surface area (Å²) in [6.07, 6.45) is 0.445. The predicted octanol–water partition coefficient (Wildman–Crippen LogP) is 3.42. The monoisotopic (exact) mass is 382 g/mol. The quantitative estimate of drug-likeness (QED) is 0.679. The summed E-state index contributed by atoms with van der Waals surface area (Å²) in [5.74, 6) is 0.185.